The summed E-state index contributed by atoms with van der Waals surface area (Å²) in [6.45, 7) is 9.26. The third kappa shape index (κ3) is 10.1. The second-order valence-corrected chi connectivity index (χ2v) is 12.8. The lowest BCUT2D eigenvalue weighted by Gasteiger charge is -2.53. The maximum absolute atomic E-state index is 13.7. The summed E-state index contributed by atoms with van der Waals surface area (Å²) in [4.78, 5) is 16.1. The van der Waals surface area contributed by atoms with Gasteiger partial charge in [0.25, 0.3) is 0 Å². The van der Waals surface area contributed by atoms with Gasteiger partial charge in [-0.15, -0.1) is 13.2 Å². The van der Waals surface area contributed by atoms with Crippen LogP contribution in [0, 0.1) is 11.8 Å². The number of nitrogens with one attached hydrogen (secondary N) is 2. The van der Waals surface area contributed by atoms with Crippen LogP contribution in [0.3, 0.4) is 0 Å². The van der Waals surface area contributed by atoms with E-state index in [0.717, 1.165) is 48.1 Å². The van der Waals surface area contributed by atoms with Crippen molar-refractivity contribution in [2.45, 2.75) is 50.9 Å². The number of ether oxygens (including phenoxy) is 5. The maximum atomic E-state index is 13.7. The largest absolute Gasteiger partial charge is 0.522 e. The molecule has 0 unspecified atom stereocenters. The van der Waals surface area contributed by atoms with Gasteiger partial charge in [-0.2, -0.15) is 0 Å². The van der Waals surface area contributed by atoms with Crippen molar-refractivity contribution in [2.24, 2.45) is 11.8 Å². The van der Waals surface area contributed by atoms with E-state index in [2.05, 4.69) is 40.2 Å². The summed E-state index contributed by atoms with van der Waals surface area (Å²) in [5.41, 5.74) is 5.03. The molecule has 1 heterocycles. The minimum absolute atomic E-state index is 0.00212. The molecule has 1 aliphatic heterocycles. The highest BCUT2D eigenvalue weighted by Crippen LogP contribution is 2.50. The second-order valence-electron chi connectivity index (χ2n) is 12.8. The fourth-order valence-electron chi connectivity index (χ4n) is 6.57. The summed E-state index contributed by atoms with van der Waals surface area (Å²) in [5.74, 6) is 1.36. The zero-order valence-corrected chi connectivity index (χ0v) is 27.4. The summed E-state index contributed by atoms with van der Waals surface area (Å²) in [5, 5.41) is 6.88. The number of hydrogen-bond acceptors (Lipinski definition) is 9. The number of benzene rings is 2. The van der Waals surface area contributed by atoms with E-state index in [1.165, 1.54) is 18.4 Å². The van der Waals surface area contributed by atoms with Crippen molar-refractivity contribution in [3.05, 3.63) is 53.6 Å². The number of nitrogens with zero attached hydrogens (tertiary/aromatic N) is 1. The molecule has 1 saturated carbocycles. The van der Waals surface area contributed by atoms with Crippen LogP contribution in [0.2, 0.25) is 0 Å². The molecular weight excluding hydrogens is 615 g/mol. The lowest BCUT2D eigenvalue weighted by molar-refractivity contribution is -0.327. The van der Waals surface area contributed by atoms with Crippen LogP contribution in [0.15, 0.2) is 42.5 Å². The van der Waals surface area contributed by atoms with E-state index >= 15 is 0 Å². The van der Waals surface area contributed by atoms with Crippen molar-refractivity contribution >= 4 is 22.8 Å². The number of ketones is 1. The summed E-state index contributed by atoms with van der Waals surface area (Å²) in [6.07, 6.45) is -0.951. The molecule has 9 nitrogen and oxygen atoms in total. The van der Waals surface area contributed by atoms with Crippen molar-refractivity contribution in [3.63, 3.8) is 0 Å². The van der Waals surface area contributed by atoms with Crippen LogP contribution < -0.4 is 10.6 Å². The first-order valence-electron chi connectivity index (χ1n) is 16.7. The third-order valence-corrected chi connectivity index (χ3v) is 9.51. The first-order valence-corrected chi connectivity index (χ1v) is 16.7. The molecule has 3 atom stereocenters. The van der Waals surface area contributed by atoms with Gasteiger partial charge < -0.3 is 29.6 Å². The molecule has 2 aromatic rings. The van der Waals surface area contributed by atoms with Gasteiger partial charge in [0.15, 0.2) is 5.78 Å². The normalized spacial score (nSPS) is 22.7. The van der Waals surface area contributed by atoms with E-state index in [0.29, 0.717) is 39.6 Å². The molecule has 47 heavy (non-hydrogen) atoms. The molecule has 260 valence electrons. The first kappa shape index (κ1) is 35.6. The van der Waals surface area contributed by atoms with Crippen molar-refractivity contribution in [2.75, 3.05) is 89.7 Å². The van der Waals surface area contributed by atoms with Gasteiger partial charge in [0.05, 0.1) is 65.5 Å². The molecule has 2 aliphatic carbocycles. The number of carbonyl (C=O) groups excluding carboxylic acids is 1. The predicted molar refractivity (Wildman–Crippen MR) is 173 cm³/mol. The second kappa shape index (κ2) is 16.6. The van der Waals surface area contributed by atoms with Gasteiger partial charge in [0.2, 0.25) is 0 Å². The number of halogens is 3. The third-order valence-electron chi connectivity index (χ3n) is 9.51. The average Bonchev–Trinajstić information content (AvgIpc) is 3.86. The summed E-state index contributed by atoms with van der Waals surface area (Å²) in [6, 6.07) is 14.4. The van der Waals surface area contributed by atoms with E-state index in [1.807, 2.05) is 36.4 Å². The molecule has 2 bridgehead atoms. The van der Waals surface area contributed by atoms with Gasteiger partial charge in [0.1, 0.15) is 0 Å². The number of alkyl halides is 3. The number of rotatable bonds is 20. The molecule has 0 aromatic heterocycles. The van der Waals surface area contributed by atoms with Crippen LogP contribution in [-0.4, -0.2) is 102 Å². The van der Waals surface area contributed by atoms with Crippen LogP contribution >= 0.6 is 0 Å². The Morgan fingerprint density at radius 1 is 0.830 bits per heavy atom. The minimum Gasteiger partial charge on any atom is -0.383 e. The SMILES string of the molecule is C[C@H]1[C@H]2C(=O)c3ccc(Nc4ccc(NCCOCCOCCOCCOCCOC(F)(F)F)cc4)cc3[C@]1(C)CCN2CC1CC1. The van der Waals surface area contributed by atoms with Gasteiger partial charge in [-0.05, 0) is 91.1 Å². The quantitative estimate of drug-likeness (QED) is 0.165. The number of piperidine rings is 1. The van der Waals surface area contributed by atoms with Gasteiger partial charge in [-0.3, -0.25) is 14.4 Å². The van der Waals surface area contributed by atoms with Crippen molar-refractivity contribution in [1.29, 1.82) is 0 Å². The highest BCUT2D eigenvalue weighted by molar-refractivity contribution is 6.04. The highest BCUT2D eigenvalue weighted by atomic mass is 19.4. The fraction of sp³-hybridized carbons (Fsp3) is 0.629. The van der Waals surface area contributed by atoms with Crippen LogP contribution in [-0.2, 0) is 29.1 Å². The Balaban J connectivity index is 0.943. The Hall–Kier alpha value is -2.74. The number of anilines is 3. The van der Waals surface area contributed by atoms with Gasteiger partial charge >= 0.3 is 6.36 Å². The lowest BCUT2D eigenvalue weighted by Crippen LogP contribution is -2.61. The number of likely N-dealkylation sites (tertiary alicyclic amines) is 1. The summed E-state index contributed by atoms with van der Waals surface area (Å²) >= 11 is 0. The van der Waals surface area contributed by atoms with Crippen LogP contribution in [0.4, 0.5) is 30.2 Å². The maximum Gasteiger partial charge on any atom is 0.522 e. The lowest BCUT2D eigenvalue weighted by atomic mass is 9.58. The minimum atomic E-state index is -4.63. The van der Waals surface area contributed by atoms with E-state index in [9.17, 15) is 18.0 Å². The Kier molecular flexibility index (Phi) is 12.5. The molecule has 0 radical (unpaired) electrons. The zero-order chi connectivity index (χ0) is 33.3. The standard InChI is InChI=1S/C35H48F3N3O6/c1-25-32-33(42)30-10-9-29(23-31(30)34(25,2)11-13-41(32)24-26-3-4-26)40-28-7-5-27(6-8-28)39-12-14-43-15-16-44-17-18-45-19-20-46-21-22-47-35(36,37)38/h5-10,23,25-26,32,39-40H,3-4,11-22,24H2,1-2H3/t25-,32-,34+/m0/s1. The van der Waals surface area contributed by atoms with Crippen LogP contribution in [0.5, 0.6) is 0 Å². The van der Waals surface area contributed by atoms with Crippen molar-refractivity contribution < 1.29 is 41.7 Å². The smallest absolute Gasteiger partial charge is 0.383 e. The Morgan fingerprint density at radius 2 is 1.40 bits per heavy atom. The molecule has 2 fully saturated rings. The fourth-order valence-corrected chi connectivity index (χ4v) is 6.57. The van der Waals surface area contributed by atoms with Crippen molar-refractivity contribution in [3.8, 4) is 0 Å². The molecule has 3 aliphatic rings. The number of fused-ring (bicyclic) bond motifs is 4. The molecule has 0 amide bonds. The van der Waals surface area contributed by atoms with Gasteiger partial charge in [-0.25, -0.2) is 0 Å². The monoisotopic (exact) mass is 663 g/mol. The molecule has 2 N–H and O–H groups in total. The number of Topliss-reactive ketones (excluding diaryl/α,β-unsaturated/α-hetero) is 1. The van der Waals surface area contributed by atoms with E-state index in [1.54, 1.807) is 0 Å². The number of carbonyl (C=O) groups is 1. The Labute approximate surface area is 275 Å². The van der Waals surface area contributed by atoms with Crippen LogP contribution in [0.25, 0.3) is 0 Å². The molecular formula is C35H48F3N3O6. The van der Waals surface area contributed by atoms with E-state index < -0.39 is 13.0 Å². The molecule has 1 saturated heterocycles. The number of hydrogen-bond donors (Lipinski definition) is 2. The predicted octanol–water partition coefficient (Wildman–Crippen LogP) is 6.02. The highest BCUT2D eigenvalue weighted by Gasteiger charge is 2.52. The van der Waals surface area contributed by atoms with E-state index in [4.69, 9.17) is 18.9 Å². The molecule has 0 spiro atoms. The van der Waals surface area contributed by atoms with Gasteiger partial charge in [-0.1, -0.05) is 13.8 Å². The average molecular weight is 664 g/mol. The topological polar surface area (TPSA) is 90.5 Å². The molecule has 5 rings (SSSR count). The zero-order valence-electron chi connectivity index (χ0n) is 27.4. The molecule has 2 aromatic carbocycles. The first-order chi connectivity index (χ1) is 22.6. The Bertz CT molecular complexity index is 1290. The van der Waals surface area contributed by atoms with Crippen LogP contribution in [0.1, 0.15) is 49.0 Å². The van der Waals surface area contributed by atoms with Gasteiger partial charge in [0, 0.05) is 35.7 Å². The molecule has 12 heteroatoms. The van der Waals surface area contributed by atoms with E-state index in [-0.39, 0.29) is 43.0 Å². The summed E-state index contributed by atoms with van der Waals surface area (Å²) in [7, 11) is 0. The Morgan fingerprint density at radius 3 is 2.02 bits per heavy atom. The van der Waals surface area contributed by atoms with Crippen molar-refractivity contribution in [1.82, 2.24) is 4.90 Å². The summed E-state index contributed by atoms with van der Waals surface area (Å²) < 4.78 is 60.4.